The molecule has 3 aromatic rings. The highest BCUT2D eigenvalue weighted by molar-refractivity contribution is 6.43. The van der Waals surface area contributed by atoms with E-state index >= 15 is 0 Å². The molecule has 0 spiro atoms. The van der Waals surface area contributed by atoms with E-state index in [4.69, 9.17) is 27.9 Å². The summed E-state index contributed by atoms with van der Waals surface area (Å²) in [5, 5.41) is 3.12. The van der Waals surface area contributed by atoms with Gasteiger partial charge in [-0.3, -0.25) is 19.3 Å². The van der Waals surface area contributed by atoms with Crippen molar-refractivity contribution in [2.24, 2.45) is 0 Å². The number of nitrogens with one attached hydrogen (secondary N) is 1. The number of carbonyl (C=O) groups excluding carboxylic acids is 3. The number of nitrogens with zero attached hydrogens (tertiary/aromatic N) is 1. The summed E-state index contributed by atoms with van der Waals surface area (Å²) in [5.74, 6) is -1.60. The first-order chi connectivity index (χ1) is 15.9. The van der Waals surface area contributed by atoms with Gasteiger partial charge in [0.25, 0.3) is 11.8 Å². The Bertz CT molecular complexity index is 1170. The molecule has 0 aliphatic carbocycles. The molecule has 6 nitrogen and oxygen atoms in total. The highest BCUT2D eigenvalue weighted by Crippen LogP contribution is 2.31. The lowest BCUT2D eigenvalue weighted by Gasteiger charge is -2.15. The van der Waals surface area contributed by atoms with Crippen molar-refractivity contribution in [2.75, 3.05) is 6.54 Å². The van der Waals surface area contributed by atoms with Crippen molar-refractivity contribution in [2.45, 2.75) is 19.8 Å². The minimum atomic E-state index is -0.571. The molecular formula is C25H20Cl2N2O4. The standard InChI is InChI=1S/C25H20Cl2N2O4/c26-21-10-19-20(11-22(21)27)25(32)29(24(19)31)13-23(30)28-12-17-8-4-5-9-18(17)15-33-14-16-6-2-1-3-7-16/h1-11H,12-15H2,(H,28,30). The Hall–Kier alpha value is -3.19. The Labute approximate surface area is 201 Å². The maximum absolute atomic E-state index is 12.6. The van der Waals surface area contributed by atoms with Crippen LogP contribution in [0.15, 0.2) is 66.7 Å². The minimum absolute atomic E-state index is 0.142. The quantitative estimate of drug-likeness (QED) is 0.475. The SMILES string of the molecule is O=C(CN1C(=O)c2cc(Cl)c(Cl)cc2C1=O)NCc1ccccc1COCc1ccccc1. The molecule has 0 saturated heterocycles. The molecule has 4 rings (SSSR count). The molecule has 33 heavy (non-hydrogen) atoms. The number of ether oxygens (including phenoxy) is 1. The molecule has 3 amide bonds. The molecule has 0 bridgehead atoms. The first-order valence-electron chi connectivity index (χ1n) is 10.2. The fourth-order valence-electron chi connectivity index (χ4n) is 3.54. The lowest BCUT2D eigenvalue weighted by atomic mass is 10.1. The van der Waals surface area contributed by atoms with Crippen LogP contribution in [-0.2, 0) is 29.3 Å². The molecule has 1 N–H and O–H groups in total. The fraction of sp³-hybridized carbons (Fsp3) is 0.160. The molecular weight excluding hydrogens is 463 g/mol. The topological polar surface area (TPSA) is 75.7 Å². The van der Waals surface area contributed by atoms with Gasteiger partial charge in [-0.2, -0.15) is 0 Å². The zero-order chi connectivity index (χ0) is 23.4. The van der Waals surface area contributed by atoms with Gasteiger partial charge in [-0.1, -0.05) is 77.8 Å². The minimum Gasteiger partial charge on any atom is -0.372 e. The summed E-state index contributed by atoms with van der Waals surface area (Å²) in [6, 6.07) is 20.2. The predicted molar refractivity (Wildman–Crippen MR) is 125 cm³/mol. The highest BCUT2D eigenvalue weighted by Gasteiger charge is 2.37. The van der Waals surface area contributed by atoms with Crippen LogP contribution in [0.25, 0.3) is 0 Å². The number of hydrogen-bond donors (Lipinski definition) is 1. The van der Waals surface area contributed by atoms with Crippen molar-refractivity contribution < 1.29 is 19.1 Å². The van der Waals surface area contributed by atoms with E-state index in [0.29, 0.717) is 13.2 Å². The largest absolute Gasteiger partial charge is 0.372 e. The number of halogens is 2. The van der Waals surface area contributed by atoms with E-state index in [9.17, 15) is 14.4 Å². The Morgan fingerprint density at radius 2 is 1.39 bits per heavy atom. The first kappa shape index (κ1) is 23.0. The van der Waals surface area contributed by atoms with Crippen molar-refractivity contribution in [1.82, 2.24) is 10.2 Å². The van der Waals surface area contributed by atoms with Gasteiger partial charge in [0.1, 0.15) is 6.54 Å². The monoisotopic (exact) mass is 482 g/mol. The van der Waals surface area contributed by atoms with Crippen molar-refractivity contribution in [1.29, 1.82) is 0 Å². The van der Waals surface area contributed by atoms with Crippen molar-refractivity contribution in [3.8, 4) is 0 Å². The molecule has 0 fully saturated rings. The molecule has 0 unspecified atom stereocenters. The van der Waals surface area contributed by atoms with Gasteiger partial charge < -0.3 is 10.1 Å². The maximum atomic E-state index is 12.6. The normalized spacial score (nSPS) is 12.7. The zero-order valence-electron chi connectivity index (χ0n) is 17.5. The smallest absolute Gasteiger partial charge is 0.262 e. The summed E-state index contributed by atoms with van der Waals surface area (Å²) in [6.45, 7) is 0.717. The second-order valence-electron chi connectivity index (χ2n) is 7.53. The molecule has 3 aromatic carbocycles. The van der Waals surface area contributed by atoms with Gasteiger partial charge in [0.05, 0.1) is 34.4 Å². The maximum Gasteiger partial charge on any atom is 0.262 e. The van der Waals surface area contributed by atoms with Gasteiger partial charge in [-0.15, -0.1) is 0 Å². The number of amides is 3. The van der Waals surface area contributed by atoms with E-state index in [1.165, 1.54) is 12.1 Å². The van der Waals surface area contributed by atoms with E-state index in [1.54, 1.807) is 0 Å². The van der Waals surface area contributed by atoms with Crippen molar-refractivity contribution >= 4 is 40.9 Å². The number of benzene rings is 3. The summed E-state index contributed by atoms with van der Waals surface area (Å²) < 4.78 is 5.81. The van der Waals surface area contributed by atoms with Crippen molar-refractivity contribution in [3.05, 3.63) is 105 Å². The van der Waals surface area contributed by atoms with Crippen LogP contribution >= 0.6 is 23.2 Å². The summed E-state index contributed by atoms with van der Waals surface area (Å²) in [4.78, 5) is 38.6. The van der Waals surface area contributed by atoms with Gasteiger partial charge in [0, 0.05) is 6.54 Å². The van der Waals surface area contributed by atoms with Gasteiger partial charge in [-0.25, -0.2) is 0 Å². The molecule has 8 heteroatoms. The Morgan fingerprint density at radius 3 is 2.03 bits per heavy atom. The van der Waals surface area contributed by atoms with Gasteiger partial charge in [0.2, 0.25) is 5.91 Å². The second-order valence-corrected chi connectivity index (χ2v) is 8.35. The van der Waals surface area contributed by atoms with Crippen LogP contribution in [-0.4, -0.2) is 29.2 Å². The predicted octanol–water partition coefficient (Wildman–Crippen LogP) is 4.62. The van der Waals surface area contributed by atoms with E-state index in [2.05, 4.69) is 5.32 Å². The Morgan fingerprint density at radius 1 is 0.818 bits per heavy atom. The summed E-state index contributed by atoms with van der Waals surface area (Å²) in [7, 11) is 0. The first-order valence-corrected chi connectivity index (χ1v) is 11.0. The van der Waals surface area contributed by atoms with Crippen LogP contribution in [0.1, 0.15) is 37.4 Å². The molecule has 0 atom stereocenters. The van der Waals surface area contributed by atoms with Crippen LogP contribution in [0.4, 0.5) is 0 Å². The number of imide groups is 1. The molecule has 1 heterocycles. The average molecular weight is 483 g/mol. The number of hydrogen-bond acceptors (Lipinski definition) is 4. The molecule has 1 aliphatic heterocycles. The number of carbonyl (C=O) groups is 3. The van der Waals surface area contributed by atoms with E-state index in [0.717, 1.165) is 21.6 Å². The van der Waals surface area contributed by atoms with Gasteiger partial charge >= 0.3 is 0 Å². The number of fused-ring (bicyclic) bond motifs is 1. The Balaban J connectivity index is 1.34. The third-order valence-electron chi connectivity index (χ3n) is 5.28. The number of rotatable bonds is 8. The average Bonchev–Trinajstić information content (AvgIpc) is 3.03. The fourth-order valence-corrected chi connectivity index (χ4v) is 3.87. The molecule has 0 radical (unpaired) electrons. The van der Waals surface area contributed by atoms with E-state index in [1.807, 2.05) is 54.6 Å². The molecule has 0 aromatic heterocycles. The van der Waals surface area contributed by atoms with Crippen LogP contribution in [0.2, 0.25) is 10.0 Å². The third kappa shape index (κ3) is 5.25. The Kier molecular flexibility index (Phi) is 7.08. The lowest BCUT2D eigenvalue weighted by Crippen LogP contribution is -2.40. The van der Waals surface area contributed by atoms with Crippen LogP contribution in [0.3, 0.4) is 0 Å². The third-order valence-corrected chi connectivity index (χ3v) is 6.00. The zero-order valence-corrected chi connectivity index (χ0v) is 19.0. The molecule has 0 saturated carbocycles. The summed E-state index contributed by atoms with van der Waals surface area (Å²) >= 11 is 11.9. The summed E-state index contributed by atoms with van der Waals surface area (Å²) in [5.41, 5.74) is 3.19. The van der Waals surface area contributed by atoms with Crippen LogP contribution in [0.5, 0.6) is 0 Å². The van der Waals surface area contributed by atoms with Gasteiger partial charge in [-0.05, 0) is 28.8 Å². The van der Waals surface area contributed by atoms with E-state index < -0.39 is 24.3 Å². The van der Waals surface area contributed by atoms with Crippen LogP contribution < -0.4 is 5.32 Å². The van der Waals surface area contributed by atoms with Gasteiger partial charge in [0.15, 0.2) is 0 Å². The van der Waals surface area contributed by atoms with E-state index in [-0.39, 0.29) is 27.7 Å². The highest BCUT2D eigenvalue weighted by atomic mass is 35.5. The molecule has 1 aliphatic rings. The summed E-state index contributed by atoms with van der Waals surface area (Å²) in [6.07, 6.45) is 0. The second kappa shape index (κ2) is 10.2. The molecule has 168 valence electrons. The van der Waals surface area contributed by atoms with Crippen molar-refractivity contribution in [3.63, 3.8) is 0 Å². The lowest BCUT2D eigenvalue weighted by molar-refractivity contribution is -0.121. The van der Waals surface area contributed by atoms with Crippen LogP contribution in [0, 0.1) is 0 Å².